The predicted octanol–water partition coefficient (Wildman–Crippen LogP) is -0.812. The lowest BCUT2D eigenvalue weighted by Crippen LogP contribution is -2.51. The number of hydrogen-bond donors (Lipinski definition) is 1. The summed E-state index contributed by atoms with van der Waals surface area (Å²) < 4.78 is 36.1. The molecule has 1 saturated heterocycles. The van der Waals surface area contributed by atoms with Gasteiger partial charge in [-0.25, -0.2) is 13.1 Å². The van der Waals surface area contributed by atoms with Crippen molar-refractivity contribution in [1.82, 2.24) is 9.62 Å². The summed E-state index contributed by atoms with van der Waals surface area (Å²) in [5.74, 6) is -0.388. The van der Waals surface area contributed by atoms with Gasteiger partial charge in [-0.15, -0.1) is 0 Å². The fourth-order valence-corrected chi connectivity index (χ4v) is 3.29. The van der Waals surface area contributed by atoms with E-state index in [9.17, 15) is 13.2 Å². The maximum atomic E-state index is 12.0. The molecule has 1 amide bonds. The first-order valence-electron chi connectivity index (χ1n) is 6.25. The number of sulfonamides is 1. The Morgan fingerprint density at radius 1 is 1.37 bits per heavy atom. The van der Waals surface area contributed by atoms with Crippen LogP contribution in [0.2, 0.25) is 0 Å². The summed E-state index contributed by atoms with van der Waals surface area (Å²) in [6.45, 7) is 5.19. The van der Waals surface area contributed by atoms with Gasteiger partial charge in [0.25, 0.3) is 0 Å². The van der Waals surface area contributed by atoms with Crippen LogP contribution in [0.15, 0.2) is 0 Å². The van der Waals surface area contributed by atoms with Gasteiger partial charge in [0.1, 0.15) is 0 Å². The van der Waals surface area contributed by atoms with E-state index in [2.05, 4.69) is 4.72 Å². The van der Waals surface area contributed by atoms with Crippen molar-refractivity contribution in [2.75, 3.05) is 39.2 Å². The Morgan fingerprint density at radius 3 is 2.47 bits per heavy atom. The van der Waals surface area contributed by atoms with Crippen LogP contribution in [-0.4, -0.2) is 70.5 Å². The lowest BCUT2D eigenvalue weighted by molar-refractivity contribution is -0.136. The van der Waals surface area contributed by atoms with Crippen LogP contribution >= 0.6 is 0 Å². The number of carbonyl (C=O) groups is 1. The highest BCUT2D eigenvalue weighted by atomic mass is 32.2. The molecule has 0 unspecified atom stereocenters. The molecule has 1 N–H and O–H groups in total. The summed E-state index contributed by atoms with van der Waals surface area (Å²) in [7, 11) is -2.08. The summed E-state index contributed by atoms with van der Waals surface area (Å²) in [4.78, 5) is 13.7. The molecule has 0 spiro atoms. The van der Waals surface area contributed by atoms with Gasteiger partial charge >= 0.3 is 0 Å². The summed E-state index contributed by atoms with van der Waals surface area (Å²) in [5, 5.41) is 0. The molecule has 2 atom stereocenters. The minimum absolute atomic E-state index is 0.162. The standard InChI is InChI=1S/C11H22N2O5S/c1-9(17-3)8-19(15,16)12-10(2)11(14)13-4-6-18-7-5-13/h9-10,12H,4-8H2,1-3H3/t9-,10-/m1/s1. The number of nitrogens with one attached hydrogen (secondary N) is 1. The van der Waals surface area contributed by atoms with Crippen molar-refractivity contribution in [2.24, 2.45) is 0 Å². The van der Waals surface area contributed by atoms with E-state index < -0.39 is 22.2 Å². The molecule has 0 bridgehead atoms. The molecule has 0 aliphatic carbocycles. The van der Waals surface area contributed by atoms with E-state index in [-0.39, 0.29) is 11.7 Å². The molecular weight excluding hydrogens is 272 g/mol. The van der Waals surface area contributed by atoms with Crippen LogP contribution in [0, 0.1) is 0 Å². The largest absolute Gasteiger partial charge is 0.381 e. The normalized spacial score (nSPS) is 20.1. The second kappa shape index (κ2) is 7.18. The molecule has 0 aromatic carbocycles. The van der Waals surface area contributed by atoms with E-state index in [1.54, 1.807) is 18.7 Å². The Kier molecular flexibility index (Phi) is 6.18. The quantitative estimate of drug-likeness (QED) is 0.692. The molecule has 112 valence electrons. The number of hydrogen-bond acceptors (Lipinski definition) is 5. The minimum atomic E-state index is -3.53. The first-order valence-corrected chi connectivity index (χ1v) is 7.90. The zero-order valence-electron chi connectivity index (χ0n) is 11.6. The van der Waals surface area contributed by atoms with Gasteiger partial charge in [-0.05, 0) is 13.8 Å². The third-order valence-corrected chi connectivity index (χ3v) is 4.53. The average Bonchev–Trinajstić information content (AvgIpc) is 2.37. The van der Waals surface area contributed by atoms with Crippen LogP contribution in [-0.2, 0) is 24.3 Å². The second-order valence-electron chi connectivity index (χ2n) is 4.60. The molecule has 1 rings (SSSR count). The Balaban J connectivity index is 2.53. The predicted molar refractivity (Wildman–Crippen MR) is 70.3 cm³/mol. The average molecular weight is 294 g/mol. The van der Waals surface area contributed by atoms with Gasteiger partial charge in [0.15, 0.2) is 0 Å². The summed E-state index contributed by atoms with van der Waals surface area (Å²) >= 11 is 0. The van der Waals surface area contributed by atoms with E-state index in [0.717, 1.165) is 0 Å². The molecule has 0 aromatic heterocycles. The van der Waals surface area contributed by atoms with E-state index in [4.69, 9.17) is 9.47 Å². The molecule has 1 fully saturated rings. The van der Waals surface area contributed by atoms with E-state index in [1.165, 1.54) is 7.11 Å². The zero-order chi connectivity index (χ0) is 14.5. The number of methoxy groups -OCH3 is 1. The number of amides is 1. The number of rotatable bonds is 6. The Hall–Kier alpha value is -0.700. The van der Waals surface area contributed by atoms with E-state index in [0.29, 0.717) is 26.3 Å². The number of morpholine rings is 1. The van der Waals surface area contributed by atoms with Crippen LogP contribution in [0.25, 0.3) is 0 Å². The first-order chi connectivity index (χ1) is 8.85. The third-order valence-electron chi connectivity index (χ3n) is 2.91. The summed E-state index contributed by atoms with van der Waals surface area (Å²) in [5.41, 5.74) is 0. The van der Waals surface area contributed by atoms with Gasteiger partial charge in [-0.2, -0.15) is 0 Å². The van der Waals surface area contributed by atoms with Gasteiger partial charge < -0.3 is 14.4 Å². The van der Waals surface area contributed by atoms with Gasteiger partial charge in [0.05, 0.1) is 31.1 Å². The van der Waals surface area contributed by atoms with Crippen molar-refractivity contribution < 1.29 is 22.7 Å². The number of carbonyl (C=O) groups excluding carboxylic acids is 1. The van der Waals surface area contributed by atoms with Crippen molar-refractivity contribution in [3.05, 3.63) is 0 Å². The van der Waals surface area contributed by atoms with E-state index in [1.807, 2.05) is 0 Å². The molecule has 7 nitrogen and oxygen atoms in total. The minimum Gasteiger partial charge on any atom is -0.381 e. The molecule has 1 aliphatic heterocycles. The van der Waals surface area contributed by atoms with Gasteiger partial charge in [0, 0.05) is 20.2 Å². The zero-order valence-corrected chi connectivity index (χ0v) is 12.4. The monoisotopic (exact) mass is 294 g/mol. The Labute approximate surface area is 114 Å². The summed E-state index contributed by atoms with van der Waals surface area (Å²) in [6, 6.07) is -0.771. The molecule has 8 heteroatoms. The number of nitrogens with zero attached hydrogens (tertiary/aromatic N) is 1. The molecule has 1 heterocycles. The second-order valence-corrected chi connectivity index (χ2v) is 6.40. The van der Waals surface area contributed by atoms with Crippen molar-refractivity contribution in [2.45, 2.75) is 26.0 Å². The Morgan fingerprint density at radius 2 is 1.95 bits per heavy atom. The smallest absolute Gasteiger partial charge is 0.240 e. The lowest BCUT2D eigenvalue weighted by Gasteiger charge is -2.29. The maximum Gasteiger partial charge on any atom is 0.240 e. The fraction of sp³-hybridized carbons (Fsp3) is 0.909. The van der Waals surface area contributed by atoms with Gasteiger partial charge in [-0.3, -0.25) is 4.79 Å². The van der Waals surface area contributed by atoms with Crippen molar-refractivity contribution in [3.8, 4) is 0 Å². The first kappa shape index (κ1) is 16.4. The topological polar surface area (TPSA) is 84.9 Å². The Bertz CT molecular complexity index is 392. The van der Waals surface area contributed by atoms with Crippen LogP contribution in [0.4, 0.5) is 0 Å². The van der Waals surface area contributed by atoms with Crippen molar-refractivity contribution in [1.29, 1.82) is 0 Å². The maximum absolute atomic E-state index is 12.0. The highest BCUT2D eigenvalue weighted by Crippen LogP contribution is 2.03. The van der Waals surface area contributed by atoms with Crippen LogP contribution in [0.1, 0.15) is 13.8 Å². The van der Waals surface area contributed by atoms with Crippen molar-refractivity contribution >= 4 is 15.9 Å². The highest BCUT2D eigenvalue weighted by molar-refractivity contribution is 7.89. The fourth-order valence-electron chi connectivity index (χ4n) is 1.80. The molecule has 0 aromatic rings. The third kappa shape index (κ3) is 5.43. The molecule has 0 saturated carbocycles. The lowest BCUT2D eigenvalue weighted by atomic mass is 10.3. The van der Waals surface area contributed by atoms with Crippen LogP contribution in [0.3, 0.4) is 0 Å². The van der Waals surface area contributed by atoms with Crippen LogP contribution in [0.5, 0.6) is 0 Å². The van der Waals surface area contributed by atoms with Crippen LogP contribution < -0.4 is 4.72 Å². The molecule has 1 aliphatic rings. The highest BCUT2D eigenvalue weighted by Gasteiger charge is 2.26. The van der Waals surface area contributed by atoms with Gasteiger partial charge in [-0.1, -0.05) is 0 Å². The van der Waals surface area contributed by atoms with E-state index >= 15 is 0 Å². The summed E-state index contributed by atoms with van der Waals surface area (Å²) in [6.07, 6.45) is -0.414. The molecule has 0 radical (unpaired) electrons. The molecular formula is C11H22N2O5S. The van der Waals surface area contributed by atoms with Crippen molar-refractivity contribution in [3.63, 3.8) is 0 Å². The SMILES string of the molecule is CO[C@H](C)CS(=O)(=O)N[C@H](C)C(=O)N1CCOCC1. The van der Waals surface area contributed by atoms with Gasteiger partial charge in [0.2, 0.25) is 15.9 Å². The number of ether oxygens (including phenoxy) is 2. The molecule has 19 heavy (non-hydrogen) atoms.